The summed E-state index contributed by atoms with van der Waals surface area (Å²) in [6, 6.07) is 15.3. The van der Waals surface area contributed by atoms with Gasteiger partial charge in [-0.3, -0.25) is 4.79 Å². The van der Waals surface area contributed by atoms with E-state index >= 15 is 0 Å². The van der Waals surface area contributed by atoms with Crippen LogP contribution in [0.15, 0.2) is 72.0 Å². The van der Waals surface area contributed by atoms with Gasteiger partial charge in [-0.15, -0.1) is 0 Å². The highest BCUT2D eigenvalue weighted by Crippen LogP contribution is 2.29. The van der Waals surface area contributed by atoms with Crippen LogP contribution in [0.25, 0.3) is 0 Å². The molecule has 3 rings (SSSR count). The van der Waals surface area contributed by atoms with Gasteiger partial charge in [0.2, 0.25) is 5.78 Å². The van der Waals surface area contributed by atoms with Crippen LogP contribution < -0.4 is 4.74 Å². The zero-order valence-electron chi connectivity index (χ0n) is 17.0. The molecule has 0 aliphatic carbocycles. The minimum Gasteiger partial charge on any atom is -0.485 e. The molecule has 5 nitrogen and oxygen atoms in total. The van der Waals surface area contributed by atoms with Crippen molar-refractivity contribution in [3.63, 3.8) is 0 Å². The van der Waals surface area contributed by atoms with Gasteiger partial charge in [0, 0.05) is 13.2 Å². The maximum absolute atomic E-state index is 12.6. The predicted octanol–water partition coefficient (Wildman–Crippen LogP) is 5.25. The number of ketones is 1. The second kappa shape index (κ2) is 9.51. The van der Waals surface area contributed by atoms with Crippen molar-refractivity contribution < 1.29 is 27.5 Å². The number of benzene rings is 2. The van der Waals surface area contributed by atoms with E-state index in [0.29, 0.717) is 22.7 Å². The molecule has 0 atom stereocenters. The molecule has 0 N–H and O–H groups in total. The molecular weight excluding hydrogens is 409 g/mol. The van der Waals surface area contributed by atoms with E-state index in [4.69, 9.17) is 9.57 Å². The van der Waals surface area contributed by atoms with Crippen LogP contribution in [-0.2, 0) is 24.7 Å². The van der Waals surface area contributed by atoms with E-state index in [1.165, 1.54) is 12.1 Å². The number of alkyl halides is 3. The van der Waals surface area contributed by atoms with Gasteiger partial charge in [-0.25, -0.2) is 0 Å². The van der Waals surface area contributed by atoms with Crippen LogP contribution in [0.4, 0.5) is 13.2 Å². The molecule has 31 heavy (non-hydrogen) atoms. The summed E-state index contributed by atoms with van der Waals surface area (Å²) >= 11 is 0. The van der Waals surface area contributed by atoms with Crippen molar-refractivity contribution in [2.75, 3.05) is 6.61 Å². The van der Waals surface area contributed by atoms with Gasteiger partial charge in [0.1, 0.15) is 12.4 Å². The fourth-order valence-electron chi connectivity index (χ4n) is 2.81. The third-order valence-electron chi connectivity index (χ3n) is 4.59. The zero-order valence-corrected chi connectivity index (χ0v) is 17.0. The number of oxime groups is 1. The summed E-state index contributed by atoms with van der Waals surface area (Å²) in [5.41, 5.74) is 1.83. The van der Waals surface area contributed by atoms with Gasteiger partial charge in [-0.1, -0.05) is 17.3 Å². The third kappa shape index (κ3) is 5.97. The summed E-state index contributed by atoms with van der Waals surface area (Å²) in [7, 11) is 1.80. The van der Waals surface area contributed by atoms with Crippen LogP contribution in [0, 0.1) is 0 Å². The van der Waals surface area contributed by atoms with Gasteiger partial charge in [-0.05, 0) is 66.6 Å². The molecule has 1 aromatic heterocycles. The van der Waals surface area contributed by atoms with Gasteiger partial charge >= 0.3 is 6.18 Å². The number of nitrogens with zero attached hydrogens (tertiary/aromatic N) is 2. The second-order valence-corrected chi connectivity index (χ2v) is 6.89. The normalized spacial score (nSPS) is 12.0. The van der Waals surface area contributed by atoms with Crippen LogP contribution in [0.2, 0.25) is 0 Å². The Morgan fingerprint density at radius 2 is 1.71 bits per heavy atom. The number of carbonyl (C=O) groups is 1. The number of aryl methyl sites for hydroxylation is 1. The number of Topliss-reactive ketones (excluding diaryl/α,β-unsaturated/α-hetero) is 1. The Hall–Kier alpha value is -3.55. The molecule has 0 fully saturated rings. The van der Waals surface area contributed by atoms with Crippen molar-refractivity contribution in [3.05, 3.63) is 89.2 Å². The first-order valence-corrected chi connectivity index (χ1v) is 9.44. The maximum atomic E-state index is 12.6. The summed E-state index contributed by atoms with van der Waals surface area (Å²) in [5, 5.41) is 4.00. The number of aromatic nitrogens is 1. The van der Waals surface area contributed by atoms with Crippen molar-refractivity contribution in [3.8, 4) is 5.75 Å². The van der Waals surface area contributed by atoms with E-state index in [-0.39, 0.29) is 19.0 Å². The highest BCUT2D eigenvalue weighted by atomic mass is 19.4. The van der Waals surface area contributed by atoms with E-state index in [0.717, 1.165) is 17.7 Å². The number of rotatable bonds is 8. The first-order valence-electron chi connectivity index (χ1n) is 9.44. The minimum absolute atomic E-state index is 0.0535. The maximum Gasteiger partial charge on any atom is 0.416 e. The highest BCUT2D eigenvalue weighted by molar-refractivity contribution is 5.98. The summed E-state index contributed by atoms with van der Waals surface area (Å²) in [6.45, 7) is 1.74. The zero-order chi connectivity index (χ0) is 22.4. The lowest BCUT2D eigenvalue weighted by Crippen LogP contribution is -2.14. The molecule has 3 aromatic rings. The number of carbonyl (C=O) groups excluding carboxylic acids is 1. The highest BCUT2D eigenvalue weighted by Gasteiger charge is 2.29. The Morgan fingerprint density at radius 3 is 2.29 bits per heavy atom. The van der Waals surface area contributed by atoms with Gasteiger partial charge in [0.05, 0.1) is 17.0 Å². The van der Waals surface area contributed by atoms with Gasteiger partial charge in [0.25, 0.3) is 0 Å². The standard InChI is InChI=1S/C23H21F3N2O3/c1-16(27-31-14-17-5-9-19(10-6-17)23(24,25)26)18-7-11-20(12-8-18)30-15-22(29)21-4-3-13-28(21)2/h3-13H,14-15H2,1-2H3. The van der Waals surface area contributed by atoms with Crippen LogP contribution >= 0.6 is 0 Å². The summed E-state index contributed by atoms with van der Waals surface area (Å²) in [4.78, 5) is 17.4. The first kappa shape index (κ1) is 22.1. The molecule has 162 valence electrons. The molecule has 0 unspecified atom stereocenters. The molecule has 0 aliphatic rings. The fraction of sp³-hybridized carbons (Fsp3) is 0.217. The van der Waals surface area contributed by atoms with Gasteiger partial charge in [-0.2, -0.15) is 13.2 Å². The van der Waals surface area contributed by atoms with E-state index in [2.05, 4.69) is 5.16 Å². The Kier molecular flexibility index (Phi) is 6.79. The third-order valence-corrected chi connectivity index (χ3v) is 4.59. The molecule has 0 aliphatic heterocycles. The molecule has 1 heterocycles. The van der Waals surface area contributed by atoms with Crippen molar-refractivity contribution in [2.24, 2.45) is 12.2 Å². The summed E-state index contributed by atoms with van der Waals surface area (Å²) in [6.07, 6.45) is -2.57. The number of ether oxygens (including phenoxy) is 1. The van der Waals surface area contributed by atoms with Crippen molar-refractivity contribution >= 4 is 11.5 Å². The van der Waals surface area contributed by atoms with Gasteiger partial charge < -0.3 is 14.1 Å². The average Bonchev–Trinajstić information content (AvgIpc) is 3.18. The fourth-order valence-corrected chi connectivity index (χ4v) is 2.81. The van der Waals surface area contributed by atoms with Crippen molar-refractivity contribution in [2.45, 2.75) is 19.7 Å². The largest absolute Gasteiger partial charge is 0.485 e. The smallest absolute Gasteiger partial charge is 0.416 e. The number of halogens is 3. The van der Waals surface area contributed by atoms with E-state index in [1.54, 1.807) is 61.1 Å². The molecule has 0 bridgehead atoms. The quantitative estimate of drug-likeness (QED) is 0.279. The van der Waals surface area contributed by atoms with Crippen molar-refractivity contribution in [1.29, 1.82) is 0 Å². The molecule has 2 aromatic carbocycles. The van der Waals surface area contributed by atoms with Crippen LogP contribution in [-0.4, -0.2) is 22.7 Å². The minimum atomic E-state index is -4.36. The SMILES string of the molecule is CC(=NOCc1ccc(C(F)(F)F)cc1)c1ccc(OCC(=O)c2cccn2C)cc1. The van der Waals surface area contributed by atoms with Gasteiger partial charge in [0.15, 0.2) is 6.61 Å². The number of hydrogen-bond donors (Lipinski definition) is 0. The summed E-state index contributed by atoms with van der Waals surface area (Å²) < 4.78 is 45.0. The molecule has 0 amide bonds. The molecule has 8 heteroatoms. The summed E-state index contributed by atoms with van der Waals surface area (Å²) in [5.74, 6) is 0.427. The average molecular weight is 430 g/mol. The van der Waals surface area contributed by atoms with Crippen molar-refractivity contribution in [1.82, 2.24) is 4.57 Å². The lowest BCUT2D eigenvalue weighted by molar-refractivity contribution is -0.137. The molecule has 0 spiro atoms. The Balaban J connectivity index is 1.51. The van der Waals surface area contributed by atoms with Crippen LogP contribution in [0.1, 0.15) is 34.1 Å². The second-order valence-electron chi connectivity index (χ2n) is 6.89. The molecule has 0 saturated heterocycles. The monoisotopic (exact) mass is 430 g/mol. The van der Waals surface area contributed by atoms with Crippen LogP contribution in [0.3, 0.4) is 0 Å². The number of hydrogen-bond acceptors (Lipinski definition) is 4. The Morgan fingerprint density at radius 1 is 1.03 bits per heavy atom. The van der Waals surface area contributed by atoms with E-state index in [9.17, 15) is 18.0 Å². The van der Waals surface area contributed by atoms with Crippen LogP contribution in [0.5, 0.6) is 5.75 Å². The molecule has 0 saturated carbocycles. The first-order chi connectivity index (χ1) is 14.7. The molecule has 0 radical (unpaired) electrons. The Labute approximate surface area is 177 Å². The predicted molar refractivity (Wildman–Crippen MR) is 110 cm³/mol. The lowest BCUT2D eigenvalue weighted by atomic mass is 10.1. The topological polar surface area (TPSA) is 52.8 Å². The lowest BCUT2D eigenvalue weighted by Gasteiger charge is -2.08. The molecular formula is C23H21F3N2O3. The van der Waals surface area contributed by atoms with E-state index < -0.39 is 11.7 Å². The Bertz CT molecular complexity index is 1050. The van der Waals surface area contributed by atoms with E-state index in [1.807, 2.05) is 0 Å².